The van der Waals surface area contributed by atoms with Gasteiger partial charge in [0.05, 0.1) is 4.92 Å². The van der Waals surface area contributed by atoms with Crippen LogP contribution in [0.4, 0.5) is 10.1 Å². The number of nitrogens with zero attached hydrogens (tertiary/aromatic N) is 1. The molecule has 4 heteroatoms. The molecule has 0 aromatic heterocycles. The van der Waals surface area contributed by atoms with Gasteiger partial charge in [-0.2, -0.15) is 0 Å². The van der Waals surface area contributed by atoms with E-state index in [1.54, 1.807) is 0 Å². The van der Waals surface area contributed by atoms with Crippen LogP contribution in [0.3, 0.4) is 0 Å². The van der Waals surface area contributed by atoms with E-state index in [1.807, 2.05) is 0 Å². The number of non-ortho nitro benzene ring substituents is 1. The molecule has 0 aliphatic rings. The van der Waals surface area contributed by atoms with E-state index in [0.29, 0.717) is 0 Å². The number of rotatable bonds is 2. The second-order valence-electron chi connectivity index (χ2n) is 2.21. The first-order valence-corrected chi connectivity index (χ1v) is 3.20. The Kier molecular flexibility index (Phi) is 2.19. The summed E-state index contributed by atoms with van der Waals surface area (Å²) in [7, 11) is 0. The van der Waals surface area contributed by atoms with Gasteiger partial charge in [0, 0.05) is 17.7 Å². The van der Waals surface area contributed by atoms with Gasteiger partial charge in [0.1, 0.15) is 5.83 Å². The van der Waals surface area contributed by atoms with Crippen LogP contribution in [0.25, 0.3) is 5.83 Å². The van der Waals surface area contributed by atoms with Crippen molar-refractivity contribution in [3.05, 3.63) is 46.5 Å². The van der Waals surface area contributed by atoms with E-state index in [-0.39, 0.29) is 11.3 Å². The van der Waals surface area contributed by atoms with Crippen LogP contribution in [0.1, 0.15) is 5.56 Å². The molecule has 0 amide bonds. The number of halogens is 1. The minimum Gasteiger partial charge on any atom is -0.258 e. The molecule has 0 aliphatic carbocycles. The highest BCUT2D eigenvalue weighted by molar-refractivity contribution is 5.57. The summed E-state index contributed by atoms with van der Waals surface area (Å²) in [4.78, 5) is 9.63. The highest BCUT2D eigenvalue weighted by Gasteiger charge is 2.04. The number of hydrogen-bond acceptors (Lipinski definition) is 2. The van der Waals surface area contributed by atoms with Crippen LogP contribution in [-0.2, 0) is 0 Å². The first kappa shape index (κ1) is 8.39. The molecule has 0 spiro atoms. The zero-order valence-corrected chi connectivity index (χ0v) is 6.16. The van der Waals surface area contributed by atoms with Crippen molar-refractivity contribution < 1.29 is 9.31 Å². The summed E-state index contributed by atoms with van der Waals surface area (Å²) in [6.45, 7) is 3.06. The summed E-state index contributed by atoms with van der Waals surface area (Å²) < 4.78 is 12.4. The zero-order chi connectivity index (χ0) is 9.14. The van der Waals surface area contributed by atoms with Crippen LogP contribution in [0, 0.1) is 10.1 Å². The van der Waals surface area contributed by atoms with E-state index in [4.69, 9.17) is 0 Å². The lowest BCUT2D eigenvalue weighted by atomic mass is 10.2. The minimum atomic E-state index is -0.593. The zero-order valence-electron chi connectivity index (χ0n) is 6.16. The van der Waals surface area contributed by atoms with Gasteiger partial charge in [-0.05, 0) is 12.1 Å². The molecule has 62 valence electrons. The fourth-order valence-electron chi connectivity index (χ4n) is 0.764. The van der Waals surface area contributed by atoms with E-state index in [9.17, 15) is 14.5 Å². The molecule has 12 heavy (non-hydrogen) atoms. The molecule has 0 radical (unpaired) electrons. The summed E-state index contributed by atoms with van der Waals surface area (Å²) in [5, 5.41) is 10.2. The van der Waals surface area contributed by atoms with Gasteiger partial charge in [-0.25, -0.2) is 4.39 Å². The van der Waals surface area contributed by atoms with Crippen molar-refractivity contribution in [2.75, 3.05) is 0 Å². The van der Waals surface area contributed by atoms with Crippen molar-refractivity contribution in [1.82, 2.24) is 0 Å². The first-order valence-electron chi connectivity index (χ1n) is 3.20. The molecule has 1 rings (SSSR count). The lowest BCUT2D eigenvalue weighted by Crippen LogP contribution is -1.87. The molecule has 0 fully saturated rings. The van der Waals surface area contributed by atoms with Crippen LogP contribution in [0.5, 0.6) is 0 Å². The van der Waals surface area contributed by atoms with E-state index < -0.39 is 10.8 Å². The van der Waals surface area contributed by atoms with Gasteiger partial charge in [-0.15, -0.1) is 0 Å². The Bertz CT molecular complexity index is 285. The Balaban J connectivity index is 3.01. The fraction of sp³-hybridized carbons (Fsp3) is 0. The topological polar surface area (TPSA) is 43.1 Å². The van der Waals surface area contributed by atoms with Crippen molar-refractivity contribution in [1.29, 1.82) is 0 Å². The minimum absolute atomic E-state index is 0.0556. The summed E-state index contributed by atoms with van der Waals surface area (Å²) in [5.74, 6) is -0.593. The molecule has 1 aromatic carbocycles. The Morgan fingerprint density at radius 1 is 1.42 bits per heavy atom. The number of hydrogen-bond donors (Lipinski definition) is 0. The SMILES string of the molecule is C=C(F)c1ccc([N+](=O)[O-])cc1. The van der Waals surface area contributed by atoms with Crippen molar-refractivity contribution in [3.63, 3.8) is 0 Å². The number of benzene rings is 1. The standard InChI is InChI=1S/C8H6FNO2/c1-6(9)7-2-4-8(5-3-7)10(11)12/h2-5H,1H2. The Labute approximate surface area is 68.3 Å². The fourth-order valence-corrected chi connectivity index (χ4v) is 0.764. The first-order chi connectivity index (χ1) is 5.61. The summed E-state index contributed by atoms with van der Waals surface area (Å²) >= 11 is 0. The lowest BCUT2D eigenvalue weighted by molar-refractivity contribution is -0.384. The monoisotopic (exact) mass is 167 g/mol. The molecule has 0 saturated carbocycles. The van der Waals surface area contributed by atoms with E-state index in [2.05, 4.69) is 6.58 Å². The molecular weight excluding hydrogens is 161 g/mol. The van der Waals surface area contributed by atoms with Crippen LogP contribution in [-0.4, -0.2) is 4.92 Å². The molecule has 0 heterocycles. The van der Waals surface area contributed by atoms with Gasteiger partial charge in [-0.1, -0.05) is 6.58 Å². The summed E-state index contributed by atoms with van der Waals surface area (Å²) in [5.41, 5.74) is 0.209. The largest absolute Gasteiger partial charge is 0.269 e. The maximum absolute atomic E-state index is 12.4. The molecule has 0 N–H and O–H groups in total. The van der Waals surface area contributed by atoms with Crippen LogP contribution in [0.2, 0.25) is 0 Å². The summed E-state index contributed by atoms with van der Waals surface area (Å²) in [6, 6.07) is 5.11. The van der Waals surface area contributed by atoms with Crippen LogP contribution >= 0.6 is 0 Å². The Morgan fingerprint density at radius 3 is 2.25 bits per heavy atom. The lowest BCUT2D eigenvalue weighted by Gasteiger charge is -1.94. The maximum Gasteiger partial charge on any atom is 0.269 e. The average Bonchev–Trinajstić information content (AvgIpc) is 2.04. The highest BCUT2D eigenvalue weighted by atomic mass is 19.1. The third-order valence-corrected chi connectivity index (χ3v) is 1.39. The third kappa shape index (κ3) is 1.66. The molecule has 3 nitrogen and oxygen atoms in total. The van der Waals surface area contributed by atoms with Crippen molar-refractivity contribution in [3.8, 4) is 0 Å². The molecule has 0 aliphatic heterocycles. The smallest absolute Gasteiger partial charge is 0.258 e. The predicted molar refractivity (Wildman–Crippen MR) is 43.2 cm³/mol. The van der Waals surface area contributed by atoms with Crippen LogP contribution in [0.15, 0.2) is 30.8 Å². The van der Waals surface area contributed by atoms with E-state index in [1.165, 1.54) is 24.3 Å². The van der Waals surface area contributed by atoms with Gasteiger partial charge < -0.3 is 0 Å². The van der Waals surface area contributed by atoms with Gasteiger partial charge in [0.25, 0.3) is 5.69 Å². The van der Waals surface area contributed by atoms with Crippen molar-refractivity contribution in [2.24, 2.45) is 0 Å². The normalized spacial score (nSPS) is 9.42. The van der Waals surface area contributed by atoms with E-state index >= 15 is 0 Å². The molecule has 0 unspecified atom stereocenters. The summed E-state index contributed by atoms with van der Waals surface area (Å²) in [6.07, 6.45) is 0. The number of nitro groups is 1. The number of nitro benzene ring substituents is 1. The van der Waals surface area contributed by atoms with Gasteiger partial charge in [-0.3, -0.25) is 10.1 Å². The molecule has 1 aromatic rings. The quantitative estimate of drug-likeness (QED) is 0.501. The molecule has 0 bridgehead atoms. The molecular formula is C8H6FNO2. The van der Waals surface area contributed by atoms with Gasteiger partial charge in [0.2, 0.25) is 0 Å². The predicted octanol–water partition coefficient (Wildman–Crippen LogP) is 2.54. The Hall–Kier alpha value is -1.71. The third-order valence-electron chi connectivity index (χ3n) is 1.39. The second-order valence-corrected chi connectivity index (χ2v) is 2.21. The van der Waals surface area contributed by atoms with Gasteiger partial charge >= 0.3 is 0 Å². The highest BCUT2D eigenvalue weighted by Crippen LogP contribution is 2.17. The molecule has 0 saturated heterocycles. The van der Waals surface area contributed by atoms with Gasteiger partial charge in [0.15, 0.2) is 0 Å². The van der Waals surface area contributed by atoms with Crippen molar-refractivity contribution >= 4 is 11.5 Å². The second kappa shape index (κ2) is 3.13. The van der Waals surface area contributed by atoms with Crippen molar-refractivity contribution in [2.45, 2.75) is 0 Å². The average molecular weight is 167 g/mol. The maximum atomic E-state index is 12.4. The van der Waals surface area contributed by atoms with E-state index in [0.717, 1.165) is 0 Å². The Morgan fingerprint density at radius 2 is 1.92 bits per heavy atom. The van der Waals surface area contributed by atoms with Crippen LogP contribution < -0.4 is 0 Å². The molecule has 0 atom stereocenters.